The number of carbonyl (C=O) groups is 2. The van der Waals surface area contributed by atoms with Crippen molar-refractivity contribution in [1.82, 2.24) is 5.16 Å². The predicted octanol–water partition coefficient (Wildman–Crippen LogP) is 4.44. The highest BCUT2D eigenvalue weighted by molar-refractivity contribution is 6.33. The summed E-state index contributed by atoms with van der Waals surface area (Å²) in [6.45, 7) is 3.37. The van der Waals surface area contributed by atoms with E-state index >= 15 is 0 Å². The number of ether oxygens (including phenoxy) is 1. The Morgan fingerprint density at radius 2 is 1.86 bits per heavy atom. The number of carbonyl (C=O) groups excluding carboxylic acids is 2. The molecule has 2 aromatic carbocycles. The number of hydrogen-bond acceptors (Lipinski definition) is 7. The normalized spacial score (nSPS) is 10.6. The van der Waals surface area contributed by atoms with Gasteiger partial charge in [0.1, 0.15) is 17.4 Å². The molecule has 0 aliphatic rings. The third kappa shape index (κ3) is 4.17. The molecule has 8 nitrogen and oxygen atoms in total. The quantitative estimate of drug-likeness (QED) is 0.253. The molecule has 148 valence electrons. The monoisotopic (exact) mass is 414 g/mol. The van der Waals surface area contributed by atoms with Crippen molar-refractivity contribution in [2.45, 2.75) is 20.5 Å². The van der Waals surface area contributed by atoms with Crippen LogP contribution in [0.4, 0.5) is 5.69 Å². The van der Waals surface area contributed by atoms with Crippen LogP contribution in [0.25, 0.3) is 0 Å². The van der Waals surface area contributed by atoms with Gasteiger partial charge in [-0.1, -0.05) is 35.0 Å². The molecule has 29 heavy (non-hydrogen) atoms. The predicted molar refractivity (Wildman–Crippen MR) is 103 cm³/mol. The first kappa shape index (κ1) is 20.2. The highest BCUT2D eigenvalue weighted by Crippen LogP contribution is 2.27. The topological polar surface area (TPSA) is 113 Å². The van der Waals surface area contributed by atoms with Gasteiger partial charge in [-0.05, 0) is 32.0 Å². The van der Waals surface area contributed by atoms with Gasteiger partial charge in [0.15, 0.2) is 5.78 Å². The Balaban J connectivity index is 1.88. The molecule has 0 unspecified atom stereocenters. The number of halogens is 1. The van der Waals surface area contributed by atoms with Gasteiger partial charge < -0.3 is 9.26 Å². The Labute approximate surface area is 170 Å². The SMILES string of the molecule is Cc1noc(C)c1COC(=O)c1ccccc1C(=O)c1ccc(Cl)c([N+](=O)[O-])c1. The molecule has 1 aromatic heterocycles. The van der Waals surface area contributed by atoms with Gasteiger partial charge in [-0.3, -0.25) is 14.9 Å². The summed E-state index contributed by atoms with van der Waals surface area (Å²) < 4.78 is 10.4. The Morgan fingerprint density at radius 1 is 1.17 bits per heavy atom. The van der Waals surface area contributed by atoms with Crippen LogP contribution in [-0.4, -0.2) is 21.8 Å². The van der Waals surface area contributed by atoms with Crippen molar-refractivity contribution in [2.24, 2.45) is 0 Å². The molecule has 9 heteroatoms. The van der Waals surface area contributed by atoms with Crippen LogP contribution in [-0.2, 0) is 11.3 Å². The van der Waals surface area contributed by atoms with Crippen molar-refractivity contribution >= 4 is 29.0 Å². The van der Waals surface area contributed by atoms with Crippen LogP contribution in [0.3, 0.4) is 0 Å². The van der Waals surface area contributed by atoms with Crippen molar-refractivity contribution in [3.63, 3.8) is 0 Å². The van der Waals surface area contributed by atoms with Gasteiger partial charge in [0.2, 0.25) is 0 Å². The standard InChI is InChI=1S/C20H15ClN2O6/c1-11-16(12(2)29-22-11)10-28-20(25)15-6-4-3-5-14(15)19(24)13-7-8-17(21)18(9-13)23(26)27/h3-9H,10H2,1-2H3. The Morgan fingerprint density at radius 3 is 2.48 bits per heavy atom. The van der Waals surface area contributed by atoms with Crippen LogP contribution in [0.5, 0.6) is 0 Å². The lowest BCUT2D eigenvalue weighted by Gasteiger charge is -2.09. The molecule has 0 atom stereocenters. The summed E-state index contributed by atoms with van der Waals surface area (Å²) in [6, 6.07) is 9.80. The van der Waals surface area contributed by atoms with Crippen molar-refractivity contribution < 1.29 is 23.8 Å². The van der Waals surface area contributed by atoms with E-state index in [1.807, 2.05) is 0 Å². The van der Waals surface area contributed by atoms with Crippen molar-refractivity contribution in [2.75, 3.05) is 0 Å². The van der Waals surface area contributed by atoms with Gasteiger partial charge >= 0.3 is 5.97 Å². The lowest BCUT2D eigenvalue weighted by molar-refractivity contribution is -0.384. The molecule has 0 spiro atoms. The van der Waals surface area contributed by atoms with Crippen LogP contribution in [0.15, 0.2) is 47.0 Å². The average molecular weight is 415 g/mol. The summed E-state index contributed by atoms with van der Waals surface area (Å²) in [5.74, 6) is -0.736. The van der Waals surface area contributed by atoms with Gasteiger partial charge in [0, 0.05) is 17.2 Å². The minimum Gasteiger partial charge on any atom is -0.457 e. The summed E-state index contributed by atoms with van der Waals surface area (Å²) in [4.78, 5) is 35.9. The second-order valence-corrected chi connectivity index (χ2v) is 6.58. The van der Waals surface area contributed by atoms with E-state index in [9.17, 15) is 19.7 Å². The van der Waals surface area contributed by atoms with Crippen LogP contribution in [0.2, 0.25) is 5.02 Å². The summed E-state index contributed by atoms with van der Waals surface area (Å²) in [6.07, 6.45) is 0. The first-order valence-corrected chi connectivity index (χ1v) is 8.84. The van der Waals surface area contributed by atoms with E-state index in [0.717, 1.165) is 6.07 Å². The Kier molecular flexibility index (Phi) is 5.74. The zero-order chi connectivity index (χ0) is 21.1. The molecule has 3 aromatic rings. The third-order valence-corrected chi connectivity index (χ3v) is 4.65. The summed E-state index contributed by atoms with van der Waals surface area (Å²) in [7, 11) is 0. The number of hydrogen-bond donors (Lipinski definition) is 0. The molecular weight excluding hydrogens is 400 g/mol. The number of esters is 1. The molecule has 1 heterocycles. The van der Waals surface area contributed by atoms with E-state index in [0.29, 0.717) is 17.0 Å². The molecule has 0 saturated heterocycles. The maximum absolute atomic E-state index is 12.9. The first-order chi connectivity index (χ1) is 13.8. The lowest BCUT2D eigenvalue weighted by atomic mass is 9.98. The van der Waals surface area contributed by atoms with Gasteiger partial charge in [0.25, 0.3) is 5.69 Å². The molecular formula is C20H15ClN2O6. The number of aromatic nitrogens is 1. The number of benzene rings is 2. The largest absolute Gasteiger partial charge is 0.457 e. The smallest absolute Gasteiger partial charge is 0.339 e. The van der Waals surface area contributed by atoms with Gasteiger partial charge in [-0.15, -0.1) is 0 Å². The summed E-state index contributed by atoms with van der Waals surface area (Å²) in [5.41, 5.74) is 1.00. The van der Waals surface area contributed by atoms with E-state index < -0.39 is 22.4 Å². The fourth-order valence-corrected chi connectivity index (χ4v) is 2.92. The molecule has 0 aliphatic carbocycles. The molecule has 0 radical (unpaired) electrons. The summed E-state index contributed by atoms with van der Waals surface area (Å²) in [5, 5.41) is 14.8. The lowest BCUT2D eigenvalue weighted by Crippen LogP contribution is -2.13. The van der Waals surface area contributed by atoms with Crippen LogP contribution in [0, 0.1) is 24.0 Å². The van der Waals surface area contributed by atoms with Gasteiger partial charge in [-0.2, -0.15) is 0 Å². The number of nitrogens with zero attached hydrogens (tertiary/aromatic N) is 2. The minimum absolute atomic E-state index is 0.0343. The summed E-state index contributed by atoms with van der Waals surface area (Å²) >= 11 is 5.80. The second kappa shape index (κ2) is 8.24. The fraction of sp³-hybridized carbons (Fsp3) is 0.150. The minimum atomic E-state index is -0.711. The highest BCUT2D eigenvalue weighted by Gasteiger charge is 2.22. The molecule has 0 fully saturated rings. The maximum atomic E-state index is 12.9. The molecule has 0 N–H and O–H groups in total. The first-order valence-electron chi connectivity index (χ1n) is 8.46. The molecule has 0 saturated carbocycles. The molecule has 0 bridgehead atoms. The van der Waals surface area contributed by atoms with E-state index in [4.69, 9.17) is 20.9 Å². The second-order valence-electron chi connectivity index (χ2n) is 6.18. The van der Waals surface area contributed by atoms with E-state index in [1.54, 1.807) is 26.0 Å². The van der Waals surface area contributed by atoms with E-state index in [1.165, 1.54) is 24.3 Å². The molecule has 3 rings (SSSR count). The molecule has 0 amide bonds. The average Bonchev–Trinajstić information content (AvgIpc) is 3.03. The number of ketones is 1. The van der Waals surface area contributed by atoms with Crippen LogP contribution >= 0.6 is 11.6 Å². The van der Waals surface area contributed by atoms with Gasteiger partial charge in [0.05, 0.1) is 21.7 Å². The zero-order valence-electron chi connectivity index (χ0n) is 15.5. The zero-order valence-corrected chi connectivity index (χ0v) is 16.2. The third-order valence-electron chi connectivity index (χ3n) is 4.33. The fourth-order valence-electron chi connectivity index (χ4n) is 2.73. The molecule has 0 aliphatic heterocycles. The van der Waals surface area contributed by atoms with Crippen LogP contribution < -0.4 is 0 Å². The Hall–Kier alpha value is -3.52. The number of nitro groups is 1. The van der Waals surface area contributed by atoms with E-state index in [-0.39, 0.29) is 28.3 Å². The van der Waals surface area contributed by atoms with Crippen molar-refractivity contribution in [3.05, 3.63) is 91.3 Å². The maximum Gasteiger partial charge on any atom is 0.339 e. The highest BCUT2D eigenvalue weighted by atomic mass is 35.5. The van der Waals surface area contributed by atoms with Gasteiger partial charge in [-0.25, -0.2) is 4.79 Å². The number of aryl methyl sites for hydroxylation is 2. The Bertz CT molecular complexity index is 1100. The number of rotatable bonds is 6. The van der Waals surface area contributed by atoms with Crippen LogP contribution in [0.1, 0.15) is 43.3 Å². The van der Waals surface area contributed by atoms with Crippen molar-refractivity contribution in [1.29, 1.82) is 0 Å². The number of nitro benzene ring substituents is 1. The van der Waals surface area contributed by atoms with E-state index in [2.05, 4.69) is 5.16 Å². The van der Waals surface area contributed by atoms with Crippen molar-refractivity contribution in [3.8, 4) is 0 Å².